The minimum Gasteiger partial charge on any atom is -0.483 e. The first-order valence-corrected chi connectivity index (χ1v) is 3.91. The van der Waals surface area contributed by atoms with Gasteiger partial charge in [-0.25, -0.2) is 4.99 Å². The molecule has 72 valence electrons. The lowest BCUT2D eigenvalue weighted by Gasteiger charge is -2.13. The van der Waals surface area contributed by atoms with Gasteiger partial charge in [-0.15, -0.1) is 0 Å². The summed E-state index contributed by atoms with van der Waals surface area (Å²) >= 11 is 0. The number of nitro groups is 1. The SMILES string of the molecule is NC1=Nc2ccc([N+](=O)[O-])cc2OC1. The molecule has 1 heterocycles. The van der Waals surface area contributed by atoms with Crippen molar-refractivity contribution in [3.8, 4) is 5.75 Å². The summed E-state index contributed by atoms with van der Waals surface area (Å²) in [7, 11) is 0. The van der Waals surface area contributed by atoms with Gasteiger partial charge in [0.05, 0.1) is 11.0 Å². The third kappa shape index (κ3) is 1.37. The Morgan fingerprint density at radius 1 is 1.57 bits per heavy atom. The Balaban J connectivity index is 2.47. The fourth-order valence-electron chi connectivity index (χ4n) is 1.16. The molecular formula is C8H7N3O3. The van der Waals surface area contributed by atoms with Gasteiger partial charge in [0, 0.05) is 6.07 Å². The van der Waals surface area contributed by atoms with Gasteiger partial charge >= 0.3 is 0 Å². The Kier molecular flexibility index (Phi) is 1.81. The van der Waals surface area contributed by atoms with Gasteiger partial charge in [-0.2, -0.15) is 0 Å². The van der Waals surface area contributed by atoms with Crippen LogP contribution in [0.5, 0.6) is 5.75 Å². The van der Waals surface area contributed by atoms with Crippen LogP contribution >= 0.6 is 0 Å². The highest BCUT2D eigenvalue weighted by Gasteiger charge is 2.15. The lowest BCUT2D eigenvalue weighted by molar-refractivity contribution is -0.384. The molecule has 0 atom stereocenters. The van der Waals surface area contributed by atoms with E-state index in [9.17, 15) is 10.1 Å². The normalized spacial score (nSPS) is 13.9. The van der Waals surface area contributed by atoms with Crippen LogP contribution in [0.4, 0.5) is 11.4 Å². The van der Waals surface area contributed by atoms with Crippen LogP contribution in [0.2, 0.25) is 0 Å². The quantitative estimate of drug-likeness (QED) is 0.531. The molecule has 0 saturated carbocycles. The van der Waals surface area contributed by atoms with Gasteiger partial charge in [-0.1, -0.05) is 0 Å². The Morgan fingerprint density at radius 2 is 2.36 bits per heavy atom. The number of rotatable bonds is 1. The van der Waals surface area contributed by atoms with Crippen molar-refractivity contribution in [2.75, 3.05) is 6.61 Å². The van der Waals surface area contributed by atoms with E-state index in [1.165, 1.54) is 18.2 Å². The number of non-ortho nitro benzene ring substituents is 1. The number of ether oxygens (including phenoxy) is 1. The Bertz CT molecular complexity index is 428. The minimum atomic E-state index is -0.481. The number of benzene rings is 1. The van der Waals surface area contributed by atoms with Crippen LogP contribution in [0.1, 0.15) is 0 Å². The van der Waals surface area contributed by atoms with Crippen molar-refractivity contribution in [1.29, 1.82) is 0 Å². The molecule has 2 rings (SSSR count). The number of hydrogen-bond donors (Lipinski definition) is 1. The van der Waals surface area contributed by atoms with Crippen LogP contribution in [0, 0.1) is 10.1 Å². The molecule has 0 radical (unpaired) electrons. The predicted molar refractivity (Wildman–Crippen MR) is 49.9 cm³/mol. The highest BCUT2D eigenvalue weighted by molar-refractivity contribution is 5.87. The van der Waals surface area contributed by atoms with Gasteiger partial charge in [0.2, 0.25) is 0 Å². The van der Waals surface area contributed by atoms with Gasteiger partial charge in [0.1, 0.15) is 18.1 Å². The van der Waals surface area contributed by atoms with E-state index in [1.807, 2.05) is 0 Å². The van der Waals surface area contributed by atoms with E-state index in [2.05, 4.69) is 4.99 Å². The number of amidine groups is 1. The summed E-state index contributed by atoms with van der Waals surface area (Å²) < 4.78 is 5.17. The number of nitro benzene ring substituents is 1. The maximum Gasteiger partial charge on any atom is 0.273 e. The monoisotopic (exact) mass is 193 g/mol. The van der Waals surface area contributed by atoms with Gasteiger partial charge in [-0.3, -0.25) is 10.1 Å². The summed E-state index contributed by atoms with van der Waals surface area (Å²) in [5.41, 5.74) is 5.95. The molecule has 0 spiro atoms. The van der Waals surface area contributed by atoms with Crippen LogP contribution in [0.25, 0.3) is 0 Å². The summed E-state index contributed by atoms with van der Waals surface area (Å²) in [6.07, 6.45) is 0. The summed E-state index contributed by atoms with van der Waals surface area (Å²) in [5.74, 6) is 0.764. The summed E-state index contributed by atoms with van der Waals surface area (Å²) in [6, 6.07) is 4.22. The van der Waals surface area contributed by atoms with Gasteiger partial charge in [0.25, 0.3) is 5.69 Å². The van der Waals surface area contributed by atoms with E-state index >= 15 is 0 Å². The Labute approximate surface area is 79.2 Å². The molecule has 2 N–H and O–H groups in total. The Morgan fingerprint density at radius 3 is 3.07 bits per heavy atom. The number of hydrogen-bond acceptors (Lipinski definition) is 5. The topological polar surface area (TPSA) is 90.8 Å². The van der Waals surface area contributed by atoms with Crippen LogP contribution < -0.4 is 10.5 Å². The average Bonchev–Trinajstić information content (AvgIpc) is 2.16. The minimum absolute atomic E-state index is 0.0144. The molecular weight excluding hydrogens is 186 g/mol. The highest BCUT2D eigenvalue weighted by atomic mass is 16.6. The van der Waals surface area contributed by atoms with Gasteiger partial charge in [-0.05, 0) is 6.07 Å². The van der Waals surface area contributed by atoms with E-state index in [-0.39, 0.29) is 12.3 Å². The summed E-state index contributed by atoms with van der Waals surface area (Å²) in [6.45, 7) is 0.175. The van der Waals surface area contributed by atoms with Crippen molar-refractivity contribution < 1.29 is 9.66 Å². The first kappa shape index (κ1) is 8.49. The number of fused-ring (bicyclic) bond motifs is 1. The number of nitrogens with zero attached hydrogens (tertiary/aromatic N) is 2. The summed E-state index contributed by atoms with van der Waals surface area (Å²) in [5, 5.41) is 10.4. The third-order valence-corrected chi connectivity index (χ3v) is 1.79. The van der Waals surface area contributed by atoms with Gasteiger partial charge < -0.3 is 10.5 Å². The van der Waals surface area contributed by atoms with Crippen molar-refractivity contribution in [2.24, 2.45) is 10.7 Å². The lowest BCUT2D eigenvalue weighted by Crippen LogP contribution is -2.23. The zero-order valence-electron chi connectivity index (χ0n) is 7.14. The number of nitrogens with two attached hydrogens (primary N) is 1. The molecule has 0 unspecified atom stereocenters. The molecule has 1 aromatic rings. The summed E-state index contributed by atoms with van der Waals surface area (Å²) in [4.78, 5) is 14.0. The molecule has 1 aliphatic rings. The lowest BCUT2D eigenvalue weighted by atomic mass is 10.2. The van der Waals surface area contributed by atoms with E-state index < -0.39 is 4.92 Å². The largest absolute Gasteiger partial charge is 0.483 e. The maximum absolute atomic E-state index is 10.4. The van der Waals surface area contributed by atoms with Gasteiger partial charge in [0.15, 0.2) is 5.75 Å². The predicted octanol–water partition coefficient (Wildman–Crippen LogP) is 0.976. The zero-order chi connectivity index (χ0) is 10.1. The fourth-order valence-corrected chi connectivity index (χ4v) is 1.16. The number of aliphatic imine (C=N–C) groups is 1. The van der Waals surface area contributed by atoms with Crippen molar-refractivity contribution in [3.05, 3.63) is 28.3 Å². The molecule has 6 nitrogen and oxygen atoms in total. The van der Waals surface area contributed by atoms with E-state index in [0.29, 0.717) is 17.3 Å². The van der Waals surface area contributed by atoms with Crippen LogP contribution in [-0.2, 0) is 0 Å². The maximum atomic E-state index is 10.4. The molecule has 14 heavy (non-hydrogen) atoms. The molecule has 0 saturated heterocycles. The smallest absolute Gasteiger partial charge is 0.273 e. The molecule has 0 amide bonds. The average molecular weight is 193 g/mol. The standard InChI is InChI=1S/C8H7N3O3/c9-8-4-14-7-3-5(11(12)13)1-2-6(7)10-8/h1-3H,4H2,(H2,9,10). The second-order valence-electron chi connectivity index (χ2n) is 2.80. The molecule has 0 bridgehead atoms. The second-order valence-corrected chi connectivity index (χ2v) is 2.80. The van der Waals surface area contributed by atoms with E-state index in [0.717, 1.165) is 0 Å². The van der Waals surface area contributed by atoms with Crippen LogP contribution in [-0.4, -0.2) is 17.4 Å². The van der Waals surface area contributed by atoms with Crippen LogP contribution in [0.3, 0.4) is 0 Å². The van der Waals surface area contributed by atoms with Crippen LogP contribution in [0.15, 0.2) is 23.2 Å². The van der Waals surface area contributed by atoms with E-state index in [4.69, 9.17) is 10.5 Å². The highest BCUT2D eigenvalue weighted by Crippen LogP contribution is 2.33. The zero-order valence-corrected chi connectivity index (χ0v) is 7.14. The van der Waals surface area contributed by atoms with Crippen molar-refractivity contribution in [2.45, 2.75) is 0 Å². The van der Waals surface area contributed by atoms with Crippen molar-refractivity contribution in [1.82, 2.24) is 0 Å². The van der Waals surface area contributed by atoms with Crippen molar-refractivity contribution >= 4 is 17.2 Å². The molecule has 0 aromatic heterocycles. The van der Waals surface area contributed by atoms with Crippen molar-refractivity contribution in [3.63, 3.8) is 0 Å². The molecule has 1 aromatic carbocycles. The second kappa shape index (κ2) is 2.99. The molecule has 6 heteroatoms. The Hall–Kier alpha value is -2.11. The van der Waals surface area contributed by atoms with E-state index in [1.54, 1.807) is 0 Å². The fraction of sp³-hybridized carbons (Fsp3) is 0.125. The first-order valence-electron chi connectivity index (χ1n) is 3.91. The molecule has 0 aliphatic carbocycles. The first-order chi connectivity index (χ1) is 6.66. The third-order valence-electron chi connectivity index (χ3n) is 1.79. The molecule has 0 fully saturated rings. The molecule has 1 aliphatic heterocycles.